The number of allylic oxidation sites excluding steroid dienone is 2. The van der Waals surface area contributed by atoms with Crippen molar-refractivity contribution in [3.63, 3.8) is 0 Å². The van der Waals surface area contributed by atoms with Gasteiger partial charge in [-0.3, -0.25) is 19.0 Å². The topological polar surface area (TPSA) is 84.2 Å². The minimum atomic E-state index is -0.470. The average Bonchev–Trinajstić information content (AvgIpc) is 3.44. The summed E-state index contributed by atoms with van der Waals surface area (Å²) in [6.45, 7) is 11.1. The highest BCUT2D eigenvalue weighted by molar-refractivity contribution is 8.11. The van der Waals surface area contributed by atoms with Crippen molar-refractivity contribution in [2.75, 3.05) is 18.2 Å². The number of thiazole rings is 1. The molecule has 10 heteroatoms. The number of rotatable bonds is 6. The standard InChI is InChI=1S/C25H28N4O4S2/c1-6-27-15(4)16(5)34-25(27)21-23(32)28(7-2)24(35-21)20-18(14-19(30)33-8-3)26-29(22(20)31)17-12-10-9-11-13-17/h9-13H,6-8,14H2,1-5H3/b24-20-,25-21+. The molecule has 0 fully saturated rings. The lowest BCUT2D eigenvalue weighted by Gasteiger charge is -2.17. The lowest BCUT2D eigenvalue weighted by atomic mass is 10.1. The van der Waals surface area contributed by atoms with Crippen LogP contribution in [0.3, 0.4) is 0 Å². The Kier molecular flexibility index (Phi) is 7.32. The summed E-state index contributed by atoms with van der Waals surface area (Å²) in [5.41, 5.74) is 2.13. The van der Waals surface area contributed by atoms with Gasteiger partial charge in [0.05, 0.1) is 30.0 Å². The first-order valence-corrected chi connectivity index (χ1v) is 13.2. The first kappa shape index (κ1) is 25.0. The number of amides is 1. The van der Waals surface area contributed by atoms with Crippen LogP contribution in [0.15, 0.2) is 50.8 Å². The lowest BCUT2D eigenvalue weighted by Crippen LogP contribution is -2.35. The summed E-state index contributed by atoms with van der Waals surface area (Å²) < 4.78 is 7.83. The molecule has 2 aromatic rings. The number of benzene rings is 1. The predicted octanol–water partition coefficient (Wildman–Crippen LogP) is 2.82. The number of hydrazone groups is 1. The van der Waals surface area contributed by atoms with Gasteiger partial charge in [0.2, 0.25) is 0 Å². The zero-order valence-corrected chi connectivity index (χ0v) is 22.1. The second kappa shape index (κ2) is 10.2. The molecule has 0 saturated heterocycles. The van der Waals surface area contributed by atoms with Gasteiger partial charge in [-0.15, -0.1) is 11.3 Å². The number of thioether (sulfide) groups is 1. The van der Waals surface area contributed by atoms with Crippen LogP contribution in [0, 0.1) is 0 Å². The quantitative estimate of drug-likeness (QED) is 0.554. The maximum atomic E-state index is 13.7. The van der Waals surface area contributed by atoms with Crippen molar-refractivity contribution in [3.8, 4) is 0 Å². The largest absolute Gasteiger partial charge is 0.466 e. The third-order valence-corrected chi connectivity index (χ3v) is 8.41. The van der Waals surface area contributed by atoms with E-state index in [1.165, 1.54) is 16.3 Å². The molecule has 0 bridgehead atoms. The molecule has 8 nitrogen and oxygen atoms in total. The normalized spacial score (nSPS) is 19.1. The fraction of sp³-hybridized carbons (Fsp3) is 0.360. The zero-order chi connectivity index (χ0) is 25.3. The van der Waals surface area contributed by atoms with Crippen molar-refractivity contribution in [1.82, 2.24) is 9.47 Å². The molecule has 0 atom stereocenters. The molecule has 1 aromatic carbocycles. The molecule has 1 amide bonds. The van der Waals surface area contributed by atoms with Gasteiger partial charge in [0.15, 0.2) is 0 Å². The Morgan fingerprint density at radius 2 is 1.77 bits per heavy atom. The van der Waals surface area contributed by atoms with Crippen molar-refractivity contribution in [3.05, 3.63) is 60.5 Å². The molecule has 2 aliphatic rings. The van der Waals surface area contributed by atoms with Crippen molar-refractivity contribution in [2.45, 2.75) is 47.6 Å². The number of esters is 1. The lowest BCUT2D eigenvalue weighted by molar-refractivity contribution is -0.141. The Bertz CT molecular complexity index is 1420. The number of aromatic nitrogens is 1. The van der Waals surface area contributed by atoms with E-state index in [4.69, 9.17) is 4.74 Å². The van der Waals surface area contributed by atoms with E-state index in [9.17, 15) is 14.4 Å². The van der Waals surface area contributed by atoms with Gasteiger partial charge in [-0.2, -0.15) is 10.1 Å². The van der Waals surface area contributed by atoms with Crippen molar-refractivity contribution in [1.29, 1.82) is 0 Å². The molecule has 35 heavy (non-hydrogen) atoms. The first-order chi connectivity index (χ1) is 16.8. The Morgan fingerprint density at radius 3 is 2.40 bits per heavy atom. The summed E-state index contributed by atoms with van der Waals surface area (Å²) in [4.78, 5) is 42.9. The molecule has 184 valence electrons. The summed E-state index contributed by atoms with van der Waals surface area (Å²) >= 11 is 2.86. The zero-order valence-electron chi connectivity index (χ0n) is 20.5. The third kappa shape index (κ3) is 4.48. The molecule has 2 aliphatic heterocycles. The fourth-order valence-electron chi connectivity index (χ4n) is 4.06. The monoisotopic (exact) mass is 512 g/mol. The SMILES string of the molecule is CCOC(=O)CC1=NN(c2ccccc2)C(=O)/C1=c1\s/c(=C2/SC(C)=C(C)N2CC)c(=O)n1CC. The molecule has 0 aliphatic carbocycles. The highest BCUT2D eigenvalue weighted by Gasteiger charge is 2.35. The smallest absolute Gasteiger partial charge is 0.311 e. The van der Waals surface area contributed by atoms with Crippen molar-refractivity contribution in [2.24, 2.45) is 5.10 Å². The molecular weight excluding hydrogens is 484 g/mol. The van der Waals surface area contributed by atoms with Crippen LogP contribution in [0.2, 0.25) is 0 Å². The van der Waals surface area contributed by atoms with Crippen molar-refractivity contribution >= 4 is 57.0 Å². The van der Waals surface area contributed by atoms with Gasteiger partial charge < -0.3 is 9.64 Å². The summed E-state index contributed by atoms with van der Waals surface area (Å²) in [5.74, 6) is -0.839. The van der Waals surface area contributed by atoms with Crippen LogP contribution >= 0.6 is 23.1 Å². The molecule has 0 unspecified atom stereocenters. The Hall–Kier alpha value is -3.11. The van der Waals surface area contributed by atoms with Gasteiger partial charge >= 0.3 is 5.97 Å². The van der Waals surface area contributed by atoms with Gasteiger partial charge in [0, 0.05) is 23.7 Å². The Morgan fingerprint density at radius 1 is 1.06 bits per heavy atom. The summed E-state index contributed by atoms with van der Waals surface area (Å²) in [7, 11) is 0. The Labute approximate surface area is 211 Å². The van der Waals surface area contributed by atoms with Gasteiger partial charge in [-0.25, -0.2) is 0 Å². The van der Waals surface area contributed by atoms with Gasteiger partial charge in [0.1, 0.15) is 14.2 Å². The third-order valence-electron chi connectivity index (χ3n) is 5.87. The van der Waals surface area contributed by atoms with Crippen LogP contribution in [0.1, 0.15) is 41.0 Å². The minimum absolute atomic E-state index is 0.148. The Balaban J connectivity index is 1.98. The maximum absolute atomic E-state index is 13.7. The minimum Gasteiger partial charge on any atom is -0.466 e. The summed E-state index contributed by atoms with van der Waals surface area (Å²) in [6, 6.07) is 9.04. The van der Waals surface area contributed by atoms with E-state index in [0.29, 0.717) is 27.1 Å². The molecule has 0 spiro atoms. The average molecular weight is 513 g/mol. The molecule has 4 rings (SSSR count). The molecule has 0 radical (unpaired) electrons. The number of ether oxygens (including phenoxy) is 1. The van der Waals surface area contributed by atoms with Gasteiger partial charge in [-0.1, -0.05) is 30.0 Å². The van der Waals surface area contributed by atoms with E-state index >= 15 is 0 Å². The molecule has 3 heterocycles. The predicted molar refractivity (Wildman–Crippen MR) is 141 cm³/mol. The molecule has 1 aromatic heterocycles. The second-order valence-electron chi connectivity index (χ2n) is 7.93. The number of anilines is 1. The van der Waals surface area contributed by atoms with Crippen LogP contribution in [-0.4, -0.2) is 40.2 Å². The number of hydrogen-bond donors (Lipinski definition) is 0. The molecular formula is C25H28N4O4S2. The number of carbonyl (C=O) groups excluding carboxylic acids is 2. The van der Waals surface area contributed by atoms with Crippen LogP contribution in [0.5, 0.6) is 0 Å². The van der Waals surface area contributed by atoms with E-state index in [0.717, 1.165) is 22.2 Å². The fourth-order valence-corrected chi connectivity index (χ4v) is 6.63. The van der Waals surface area contributed by atoms with Gasteiger partial charge in [0.25, 0.3) is 11.5 Å². The summed E-state index contributed by atoms with van der Waals surface area (Å²) in [5, 5.41) is 6.68. The van der Waals surface area contributed by atoms with E-state index < -0.39 is 5.97 Å². The van der Waals surface area contributed by atoms with Crippen LogP contribution in [0.25, 0.3) is 10.6 Å². The van der Waals surface area contributed by atoms with E-state index in [-0.39, 0.29) is 30.1 Å². The van der Waals surface area contributed by atoms with E-state index in [2.05, 4.69) is 10.0 Å². The highest BCUT2D eigenvalue weighted by atomic mass is 32.2. The van der Waals surface area contributed by atoms with Crippen LogP contribution in [0.4, 0.5) is 5.69 Å². The summed E-state index contributed by atoms with van der Waals surface area (Å²) in [6.07, 6.45) is -0.157. The molecule has 0 N–H and O–H groups in total. The second-order valence-corrected chi connectivity index (χ2v) is 10.1. The number of nitrogens with zero attached hydrogens (tertiary/aromatic N) is 4. The van der Waals surface area contributed by atoms with Crippen LogP contribution in [-0.2, 0) is 20.9 Å². The molecule has 0 saturated carbocycles. The maximum Gasteiger partial charge on any atom is 0.311 e. The highest BCUT2D eigenvalue weighted by Crippen LogP contribution is 2.40. The first-order valence-electron chi connectivity index (χ1n) is 11.6. The number of hydrogen-bond acceptors (Lipinski definition) is 8. The van der Waals surface area contributed by atoms with Gasteiger partial charge in [-0.05, 0) is 46.8 Å². The van der Waals surface area contributed by atoms with E-state index in [1.54, 1.807) is 35.4 Å². The number of para-hydroxylation sites is 1. The van der Waals surface area contributed by atoms with Crippen LogP contribution < -0.4 is 19.8 Å². The van der Waals surface area contributed by atoms with Crippen molar-refractivity contribution < 1.29 is 14.3 Å². The number of carbonyl (C=O) groups is 2. The van der Waals surface area contributed by atoms with E-state index in [1.807, 2.05) is 45.9 Å².